The maximum absolute atomic E-state index is 11.4. The van der Waals surface area contributed by atoms with E-state index < -0.39 is 23.9 Å². The number of hydrogen-bond donors (Lipinski definition) is 1. The van der Waals surface area contributed by atoms with Crippen LogP contribution in [-0.4, -0.2) is 48.8 Å². The van der Waals surface area contributed by atoms with E-state index in [1.54, 1.807) is 0 Å². The molecule has 0 spiro atoms. The van der Waals surface area contributed by atoms with Gasteiger partial charge in [-0.2, -0.15) is 0 Å². The van der Waals surface area contributed by atoms with Gasteiger partial charge in [-0.05, 0) is 26.3 Å². The zero-order chi connectivity index (χ0) is 17.3. The summed E-state index contributed by atoms with van der Waals surface area (Å²) in [6, 6.07) is 9.80. The van der Waals surface area contributed by atoms with Gasteiger partial charge in [0.05, 0.1) is 12.2 Å². The predicted molar refractivity (Wildman–Crippen MR) is 87.6 cm³/mol. The average molecular weight is 335 g/mol. The first-order valence-corrected chi connectivity index (χ1v) is 8.28. The first-order chi connectivity index (χ1) is 11.3. The summed E-state index contributed by atoms with van der Waals surface area (Å²) in [4.78, 5) is 11.4. The molecule has 1 unspecified atom stereocenters. The Morgan fingerprint density at radius 2 is 2.04 bits per heavy atom. The standard InChI is InChI=1S/C18H25NO5/c1-18(2,3)24-15(16-14-13(22-14)10-21-16)12(23-17(19)20)9-11-7-5-4-6-8-11/h4-8,12-16H,9-10H2,1-3H3,(H2,19,20)/t12?,13-,14-,15+,16+/m0/s1. The zero-order valence-corrected chi connectivity index (χ0v) is 14.3. The molecule has 3 rings (SSSR count). The smallest absolute Gasteiger partial charge is 0.404 e. The zero-order valence-electron chi connectivity index (χ0n) is 14.3. The topological polar surface area (TPSA) is 83.3 Å². The number of fused-ring (bicyclic) bond motifs is 1. The molecular formula is C18H25NO5. The molecule has 0 bridgehead atoms. The van der Waals surface area contributed by atoms with Crippen molar-refractivity contribution < 1.29 is 23.7 Å². The van der Waals surface area contributed by atoms with E-state index in [0.29, 0.717) is 13.0 Å². The van der Waals surface area contributed by atoms with Crippen LogP contribution < -0.4 is 5.73 Å². The van der Waals surface area contributed by atoms with Gasteiger partial charge < -0.3 is 24.7 Å². The Balaban J connectivity index is 1.82. The minimum absolute atomic E-state index is 0.00657. The lowest BCUT2D eigenvalue weighted by atomic mass is 9.97. The second-order valence-corrected chi connectivity index (χ2v) is 7.30. The average Bonchev–Trinajstić information content (AvgIpc) is 3.15. The number of epoxide rings is 1. The number of carbonyl (C=O) groups excluding carboxylic acids is 1. The van der Waals surface area contributed by atoms with Gasteiger partial charge in [0.15, 0.2) is 0 Å². The van der Waals surface area contributed by atoms with Crippen molar-refractivity contribution >= 4 is 6.09 Å². The van der Waals surface area contributed by atoms with Crippen molar-refractivity contribution in [3.63, 3.8) is 0 Å². The Bertz CT molecular complexity index is 571. The molecule has 6 nitrogen and oxygen atoms in total. The predicted octanol–water partition coefficient (Wildman–Crippen LogP) is 2.04. The Morgan fingerprint density at radius 3 is 2.54 bits per heavy atom. The number of hydrogen-bond acceptors (Lipinski definition) is 5. The molecule has 1 aromatic rings. The van der Waals surface area contributed by atoms with E-state index in [2.05, 4.69) is 0 Å². The summed E-state index contributed by atoms with van der Waals surface area (Å²) in [5, 5.41) is 0. The van der Waals surface area contributed by atoms with Gasteiger partial charge in [0.2, 0.25) is 0 Å². The maximum atomic E-state index is 11.4. The maximum Gasteiger partial charge on any atom is 0.404 e. The first-order valence-electron chi connectivity index (χ1n) is 8.28. The highest BCUT2D eigenvalue weighted by Crippen LogP contribution is 2.39. The summed E-state index contributed by atoms with van der Waals surface area (Å²) < 4.78 is 23.1. The van der Waals surface area contributed by atoms with Gasteiger partial charge in [0, 0.05) is 6.42 Å². The van der Waals surface area contributed by atoms with E-state index >= 15 is 0 Å². The van der Waals surface area contributed by atoms with E-state index in [1.807, 2.05) is 51.1 Å². The van der Waals surface area contributed by atoms with Crippen LogP contribution in [0.15, 0.2) is 30.3 Å². The number of rotatable bonds is 6. The molecule has 0 aromatic heterocycles. The molecule has 2 fully saturated rings. The highest BCUT2D eigenvalue weighted by Gasteiger charge is 2.57. The number of amides is 1. The van der Waals surface area contributed by atoms with Gasteiger partial charge in [0.25, 0.3) is 0 Å². The summed E-state index contributed by atoms with van der Waals surface area (Å²) >= 11 is 0. The third-order valence-electron chi connectivity index (χ3n) is 4.13. The molecule has 2 aliphatic heterocycles. The van der Waals surface area contributed by atoms with Crippen molar-refractivity contribution in [3.8, 4) is 0 Å². The normalized spacial score (nSPS) is 28.0. The monoisotopic (exact) mass is 335 g/mol. The molecule has 1 aromatic carbocycles. The second kappa shape index (κ2) is 6.70. The van der Waals surface area contributed by atoms with Crippen LogP contribution in [0.3, 0.4) is 0 Å². The summed E-state index contributed by atoms with van der Waals surface area (Å²) in [5.41, 5.74) is 5.92. The number of primary amides is 1. The van der Waals surface area contributed by atoms with Crippen LogP contribution in [0.5, 0.6) is 0 Å². The lowest BCUT2D eigenvalue weighted by molar-refractivity contribution is -0.169. The van der Waals surface area contributed by atoms with Gasteiger partial charge in [-0.15, -0.1) is 0 Å². The molecular weight excluding hydrogens is 310 g/mol. The van der Waals surface area contributed by atoms with Gasteiger partial charge >= 0.3 is 6.09 Å². The van der Waals surface area contributed by atoms with Crippen LogP contribution in [0.2, 0.25) is 0 Å². The van der Waals surface area contributed by atoms with Gasteiger partial charge in [-0.1, -0.05) is 30.3 Å². The van der Waals surface area contributed by atoms with Crippen molar-refractivity contribution in [1.82, 2.24) is 0 Å². The van der Waals surface area contributed by atoms with Crippen molar-refractivity contribution in [2.45, 2.75) is 63.3 Å². The number of benzene rings is 1. The van der Waals surface area contributed by atoms with Crippen molar-refractivity contribution in [3.05, 3.63) is 35.9 Å². The molecule has 2 aliphatic rings. The highest BCUT2D eigenvalue weighted by atomic mass is 16.7. The molecule has 6 heteroatoms. The van der Waals surface area contributed by atoms with E-state index in [9.17, 15) is 4.79 Å². The van der Waals surface area contributed by atoms with Crippen LogP contribution in [0.25, 0.3) is 0 Å². The Hall–Kier alpha value is -1.63. The van der Waals surface area contributed by atoms with Crippen LogP contribution in [0.4, 0.5) is 4.79 Å². The van der Waals surface area contributed by atoms with Gasteiger partial charge in [-0.3, -0.25) is 0 Å². The fourth-order valence-corrected chi connectivity index (χ4v) is 3.15. The Kier molecular flexibility index (Phi) is 4.80. The molecule has 2 saturated heterocycles. The summed E-state index contributed by atoms with van der Waals surface area (Å²) in [5.74, 6) is 0. The molecule has 132 valence electrons. The Labute approximate surface area is 142 Å². The van der Waals surface area contributed by atoms with Crippen LogP contribution in [0.1, 0.15) is 26.3 Å². The second-order valence-electron chi connectivity index (χ2n) is 7.30. The highest BCUT2D eigenvalue weighted by molar-refractivity contribution is 5.65. The molecule has 24 heavy (non-hydrogen) atoms. The first kappa shape index (κ1) is 17.2. The molecule has 2 N–H and O–H groups in total. The van der Waals surface area contributed by atoms with Crippen molar-refractivity contribution in [2.75, 3.05) is 6.61 Å². The minimum atomic E-state index is -0.815. The fourth-order valence-electron chi connectivity index (χ4n) is 3.15. The Morgan fingerprint density at radius 1 is 1.33 bits per heavy atom. The van der Waals surface area contributed by atoms with E-state index in [0.717, 1.165) is 5.56 Å². The molecule has 0 saturated carbocycles. The van der Waals surface area contributed by atoms with Crippen molar-refractivity contribution in [2.24, 2.45) is 5.73 Å². The van der Waals surface area contributed by atoms with Crippen LogP contribution in [-0.2, 0) is 25.4 Å². The van der Waals surface area contributed by atoms with E-state index in [4.69, 9.17) is 24.7 Å². The SMILES string of the molecule is CC(C)(C)O[C@H](C(Cc1ccccc1)OC(N)=O)[C@@H]1OC[C@@H]2O[C@H]12. The molecule has 2 heterocycles. The minimum Gasteiger partial charge on any atom is -0.443 e. The number of carbonyl (C=O) groups is 1. The molecule has 0 radical (unpaired) electrons. The lowest BCUT2D eigenvalue weighted by Crippen LogP contribution is -2.49. The van der Waals surface area contributed by atoms with Gasteiger partial charge in [-0.25, -0.2) is 4.79 Å². The summed E-state index contributed by atoms with van der Waals surface area (Å²) in [7, 11) is 0. The summed E-state index contributed by atoms with van der Waals surface area (Å²) in [6.45, 7) is 6.44. The van der Waals surface area contributed by atoms with Gasteiger partial charge in [0.1, 0.15) is 30.5 Å². The lowest BCUT2D eigenvalue weighted by Gasteiger charge is -2.36. The molecule has 0 aliphatic carbocycles. The van der Waals surface area contributed by atoms with E-state index in [1.165, 1.54) is 0 Å². The third-order valence-corrected chi connectivity index (χ3v) is 4.13. The third kappa shape index (κ3) is 4.26. The quantitative estimate of drug-likeness (QED) is 0.804. The van der Waals surface area contributed by atoms with Crippen molar-refractivity contribution in [1.29, 1.82) is 0 Å². The number of ether oxygens (including phenoxy) is 4. The van der Waals surface area contributed by atoms with E-state index in [-0.39, 0.29) is 18.3 Å². The molecule has 1 amide bonds. The fraction of sp³-hybridized carbons (Fsp3) is 0.611. The van der Waals surface area contributed by atoms with Crippen LogP contribution in [0, 0.1) is 0 Å². The summed E-state index contributed by atoms with van der Waals surface area (Å²) in [6.07, 6.45) is -1.43. The molecule has 5 atom stereocenters. The van der Waals surface area contributed by atoms with Crippen LogP contribution >= 0.6 is 0 Å². The largest absolute Gasteiger partial charge is 0.443 e. The number of nitrogens with two attached hydrogens (primary N) is 1.